The minimum atomic E-state index is -0.990. The van der Waals surface area contributed by atoms with Crippen LogP contribution in [0.15, 0.2) is 0 Å². The van der Waals surface area contributed by atoms with Crippen LogP contribution in [-0.4, -0.2) is 109 Å². The summed E-state index contributed by atoms with van der Waals surface area (Å²) in [6.07, 6.45) is 0.951. The summed E-state index contributed by atoms with van der Waals surface area (Å²) in [4.78, 5) is 79.0. The van der Waals surface area contributed by atoms with Crippen molar-refractivity contribution in [1.29, 1.82) is 0 Å². The minimum Gasteiger partial charge on any atom is -0.450 e. The number of alkyl carbamates (subject to hydrolysis) is 1. The molecule has 15 nitrogen and oxygen atoms in total. The number of hydrogen-bond donors (Lipinski definition) is 5. The van der Waals surface area contributed by atoms with Crippen molar-refractivity contribution in [3.63, 3.8) is 0 Å². The molecule has 3 atom stereocenters. The van der Waals surface area contributed by atoms with E-state index >= 15 is 0 Å². The fraction of sp³-hybridized carbons (Fsp3) is 0.778. The van der Waals surface area contributed by atoms with E-state index in [1.54, 1.807) is 17.3 Å². The summed E-state index contributed by atoms with van der Waals surface area (Å²) in [6.45, 7) is 7.06. The number of hydrogen-bond acceptors (Lipinski definition) is 9. The topological polar surface area (TPSA) is 196 Å². The van der Waals surface area contributed by atoms with Crippen LogP contribution in [0.4, 0.5) is 9.59 Å². The molecule has 2 aliphatic rings. The first-order valence-electron chi connectivity index (χ1n) is 14.7. The van der Waals surface area contributed by atoms with E-state index < -0.39 is 47.8 Å². The van der Waals surface area contributed by atoms with E-state index in [1.165, 1.54) is 4.90 Å². The minimum absolute atomic E-state index is 0.0213. The van der Waals surface area contributed by atoms with Crippen LogP contribution >= 0.6 is 0 Å². The second-order valence-corrected chi connectivity index (χ2v) is 10.9. The Morgan fingerprint density at radius 1 is 1.02 bits per heavy atom. The number of ether oxygens (including phenoxy) is 2. The molecule has 2 rings (SSSR count). The molecule has 0 aromatic heterocycles. The monoisotopic (exact) mass is 598 g/mol. The molecule has 238 valence electrons. The molecule has 0 radical (unpaired) electrons. The predicted molar refractivity (Wildman–Crippen MR) is 149 cm³/mol. The average Bonchev–Trinajstić information content (AvgIpc) is 2.97. The van der Waals surface area contributed by atoms with Gasteiger partial charge in [0, 0.05) is 38.6 Å². The van der Waals surface area contributed by atoms with Gasteiger partial charge in [0.25, 0.3) is 0 Å². The van der Waals surface area contributed by atoms with Crippen molar-refractivity contribution in [2.24, 2.45) is 17.8 Å². The van der Waals surface area contributed by atoms with Gasteiger partial charge < -0.3 is 35.2 Å². The van der Waals surface area contributed by atoms with Gasteiger partial charge in [0.1, 0.15) is 6.04 Å². The zero-order valence-corrected chi connectivity index (χ0v) is 24.8. The summed E-state index contributed by atoms with van der Waals surface area (Å²) in [5.74, 6) is -3.88. The molecule has 0 aromatic rings. The smallest absolute Gasteiger partial charge is 0.409 e. The van der Waals surface area contributed by atoms with Crippen LogP contribution in [0.2, 0.25) is 0 Å². The number of amides is 6. The highest BCUT2D eigenvalue weighted by molar-refractivity contribution is 5.93. The SMILES string of the molecule is CCOC(=O)N1CCN(C(=O)CNC(=O)[C@@H]2CCCCNC(=O)OCCC[C@H](C(=O)NO)[C@@H](CC(C)C)C(=O)N2)CC1. The van der Waals surface area contributed by atoms with E-state index in [9.17, 15) is 34.0 Å². The van der Waals surface area contributed by atoms with Crippen molar-refractivity contribution in [1.82, 2.24) is 31.2 Å². The number of rotatable bonds is 7. The Morgan fingerprint density at radius 3 is 2.36 bits per heavy atom. The number of carbonyl (C=O) groups is 6. The molecule has 0 unspecified atom stereocenters. The van der Waals surface area contributed by atoms with Gasteiger partial charge in [0.05, 0.1) is 25.7 Å². The van der Waals surface area contributed by atoms with E-state index in [4.69, 9.17) is 9.47 Å². The lowest BCUT2D eigenvalue weighted by atomic mass is 9.81. The molecule has 42 heavy (non-hydrogen) atoms. The van der Waals surface area contributed by atoms with E-state index in [2.05, 4.69) is 16.0 Å². The van der Waals surface area contributed by atoms with Crippen molar-refractivity contribution in [3.05, 3.63) is 0 Å². The van der Waals surface area contributed by atoms with Gasteiger partial charge in [-0.3, -0.25) is 24.4 Å². The number of nitrogens with one attached hydrogen (secondary N) is 4. The second kappa shape index (κ2) is 18.0. The van der Waals surface area contributed by atoms with Gasteiger partial charge >= 0.3 is 12.2 Å². The highest BCUT2D eigenvalue weighted by atomic mass is 16.6. The molecule has 6 amide bonds. The third-order valence-electron chi connectivity index (χ3n) is 7.28. The first-order valence-corrected chi connectivity index (χ1v) is 14.7. The quantitative estimate of drug-likeness (QED) is 0.203. The molecular formula is C27H46N6O9. The fourth-order valence-corrected chi connectivity index (χ4v) is 5.04. The Labute approximate surface area is 246 Å². The molecular weight excluding hydrogens is 552 g/mol. The Balaban J connectivity index is 2.10. The van der Waals surface area contributed by atoms with Crippen molar-refractivity contribution in [2.45, 2.75) is 65.3 Å². The third kappa shape index (κ3) is 11.3. The summed E-state index contributed by atoms with van der Waals surface area (Å²) in [5.41, 5.74) is 1.64. The summed E-state index contributed by atoms with van der Waals surface area (Å²) in [6, 6.07) is -0.990. The number of piperazine rings is 1. The van der Waals surface area contributed by atoms with Gasteiger partial charge in [-0.2, -0.15) is 0 Å². The van der Waals surface area contributed by atoms with E-state index in [0.29, 0.717) is 52.0 Å². The lowest BCUT2D eigenvalue weighted by Crippen LogP contribution is -2.54. The normalized spacial score (nSPS) is 22.9. The van der Waals surface area contributed by atoms with Gasteiger partial charge in [0.2, 0.25) is 23.6 Å². The number of carbonyl (C=O) groups excluding carboxylic acids is 6. The summed E-state index contributed by atoms with van der Waals surface area (Å²) in [5, 5.41) is 17.4. The van der Waals surface area contributed by atoms with Crippen LogP contribution in [0, 0.1) is 17.8 Å². The van der Waals surface area contributed by atoms with Gasteiger partial charge in [-0.25, -0.2) is 15.1 Å². The summed E-state index contributed by atoms with van der Waals surface area (Å²) in [7, 11) is 0. The number of hydroxylamine groups is 1. The Hall–Kier alpha value is -3.62. The highest BCUT2D eigenvalue weighted by Crippen LogP contribution is 2.26. The van der Waals surface area contributed by atoms with Gasteiger partial charge in [-0.05, 0) is 51.4 Å². The maximum absolute atomic E-state index is 13.5. The van der Waals surface area contributed by atoms with Gasteiger partial charge in [-0.15, -0.1) is 0 Å². The molecule has 2 aliphatic heterocycles. The van der Waals surface area contributed by atoms with E-state index in [-0.39, 0.29) is 50.8 Å². The van der Waals surface area contributed by atoms with Crippen molar-refractivity contribution in [2.75, 3.05) is 52.5 Å². The van der Waals surface area contributed by atoms with Crippen LogP contribution < -0.4 is 21.4 Å². The molecule has 0 bridgehead atoms. The zero-order valence-electron chi connectivity index (χ0n) is 24.8. The van der Waals surface area contributed by atoms with Crippen LogP contribution in [0.5, 0.6) is 0 Å². The largest absolute Gasteiger partial charge is 0.450 e. The molecule has 5 N–H and O–H groups in total. The van der Waals surface area contributed by atoms with Gasteiger partial charge in [-0.1, -0.05) is 13.8 Å². The van der Waals surface area contributed by atoms with Crippen molar-refractivity contribution >= 4 is 35.8 Å². The first-order chi connectivity index (χ1) is 20.1. The molecule has 0 aliphatic carbocycles. The summed E-state index contributed by atoms with van der Waals surface area (Å²) >= 11 is 0. The lowest BCUT2D eigenvalue weighted by molar-refractivity contribution is -0.142. The van der Waals surface area contributed by atoms with E-state index in [0.717, 1.165) is 0 Å². The molecule has 0 aromatic carbocycles. The molecule has 2 saturated heterocycles. The fourth-order valence-electron chi connectivity index (χ4n) is 5.04. The second-order valence-electron chi connectivity index (χ2n) is 10.9. The van der Waals surface area contributed by atoms with Crippen LogP contribution in [0.3, 0.4) is 0 Å². The van der Waals surface area contributed by atoms with Crippen molar-refractivity contribution in [3.8, 4) is 0 Å². The molecule has 0 saturated carbocycles. The number of cyclic esters (lactones) is 1. The van der Waals surface area contributed by atoms with E-state index in [1.807, 2.05) is 13.8 Å². The first kappa shape index (κ1) is 34.6. The lowest BCUT2D eigenvalue weighted by Gasteiger charge is -2.34. The number of nitrogens with zero attached hydrogens (tertiary/aromatic N) is 2. The average molecular weight is 599 g/mol. The zero-order chi connectivity index (χ0) is 31.1. The molecule has 2 heterocycles. The Kier molecular flexibility index (Phi) is 14.8. The van der Waals surface area contributed by atoms with Crippen LogP contribution in [0.25, 0.3) is 0 Å². The van der Waals surface area contributed by atoms with Crippen LogP contribution in [0.1, 0.15) is 59.3 Å². The predicted octanol–water partition coefficient (Wildman–Crippen LogP) is 0.362. The van der Waals surface area contributed by atoms with Crippen LogP contribution in [-0.2, 0) is 28.7 Å². The Bertz CT molecular complexity index is 939. The maximum atomic E-state index is 13.5. The maximum Gasteiger partial charge on any atom is 0.409 e. The molecule has 15 heteroatoms. The third-order valence-corrected chi connectivity index (χ3v) is 7.28. The molecule has 2 fully saturated rings. The highest BCUT2D eigenvalue weighted by Gasteiger charge is 2.36. The Morgan fingerprint density at radius 2 is 1.71 bits per heavy atom. The van der Waals surface area contributed by atoms with Crippen molar-refractivity contribution < 1.29 is 43.4 Å². The van der Waals surface area contributed by atoms with Gasteiger partial charge in [0.15, 0.2) is 0 Å². The molecule has 0 spiro atoms. The standard InChI is InChI=1S/C27H46N6O9/c1-4-41-27(39)33-13-11-32(12-14-33)22(34)17-29-25(37)21-9-5-6-10-28-26(38)42-15-7-8-19(24(36)31-40)20(16-18(2)3)23(35)30-21/h18-21,40H,4-17H2,1-3H3,(H,28,38)(H,29,37)(H,30,35)(H,31,36)/t19-,20+,21-/m0/s1. The summed E-state index contributed by atoms with van der Waals surface area (Å²) < 4.78 is 10.1.